The number of nitrogens with one attached hydrogen (secondary N) is 1. The summed E-state index contributed by atoms with van der Waals surface area (Å²) < 4.78 is 10.8. The van der Waals surface area contributed by atoms with Gasteiger partial charge in [0.15, 0.2) is 5.76 Å². The van der Waals surface area contributed by atoms with E-state index >= 15 is 0 Å². The molecule has 0 aliphatic heterocycles. The second-order valence-electron chi connectivity index (χ2n) is 7.60. The molecule has 7 nitrogen and oxygen atoms in total. The average molecular weight is 418 g/mol. The third-order valence-corrected chi connectivity index (χ3v) is 5.04. The highest BCUT2D eigenvalue weighted by Crippen LogP contribution is 2.22. The van der Waals surface area contributed by atoms with Crippen molar-refractivity contribution >= 4 is 16.7 Å². The van der Waals surface area contributed by atoms with Gasteiger partial charge in [0.2, 0.25) is 0 Å². The summed E-state index contributed by atoms with van der Waals surface area (Å²) in [6, 6.07) is 18.1. The Kier molecular flexibility index (Phi) is 6.43. The molecule has 4 aromatic rings. The van der Waals surface area contributed by atoms with Gasteiger partial charge < -0.3 is 14.6 Å². The first kappa shape index (κ1) is 20.8. The molecule has 0 aliphatic rings. The number of ether oxygens (including phenoxy) is 1. The van der Waals surface area contributed by atoms with Crippen molar-refractivity contribution in [1.29, 1.82) is 0 Å². The molecule has 2 aromatic carbocycles. The van der Waals surface area contributed by atoms with Crippen molar-refractivity contribution in [2.24, 2.45) is 0 Å². The predicted molar refractivity (Wildman–Crippen MR) is 121 cm³/mol. The Bertz CT molecular complexity index is 1160. The Hall–Kier alpha value is -3.45. The molecule has 0 spiro atoms. The van der Waals surface area contributed by atoms with E-state index in [0.29, 0.717) is 13.1 Å². The number of methoxy groups -OCH3 is 1. The van der Waals surface area contributed by atoms with E-state index < -0.39 is 0 Å². The lowest BCUT2D eigenvalue weighted by molar-refractivity contribution is 0.261. The number of aryl methyl sites for hydroxylation is 1. The van der Waals surface area contributed by atoms with Crippen molar-refractivity contribution in [2.45, 2.75) is 26.4 Å². The summed E-state index contributed by atoms with van der Waals surface area (Å²) in [6.07, 6.45) is 0.836. The van der Waals surface area contributed by atoms with Crippen molar-refractivity contribution < 1.29 is 9.26 Å². The van der Waals surface area contributed by atoms with Crippen LogP contribution in [0.15, 0.2) is 59.1 Å². The van der Waals surface area contributed by atoms with Crippen molar-refractivity contribution in [2.75, 3.05) is 26.0 Å². The third kappa shape index (κ3) is 5.19. The maximum Gasteiger partial charge on any atom is 0.150 e. The number of aromatic nitrogens is 3. The second kappa shape index (κ2) is 9.57. The van der Waals surface area contributed by atoms with Gasteiger partial charge in [0.1, 0.15) is 17.4 Å². The smallest absolute Gasteiger partial charge is 0.150 e. The van der Waals surface area contributed by atoms with E-state index in [4.69, 9.17) is 19.2 Å². The Labute approximate surface area is 182 Å². The number of hydrogen-bond donors (Lipinski definition) is 1. The van der Waals surface area contributed by atoms with E-state index in [1.165, 1.54) is 0 Å². The van der Waals surface area contributed by atoms with Gasteiger partial charge in [-0.1, -0.05) is 35.5 Å². The number of hydrogen-bond acceptors (Lipinski definition) is 7. The molecule has 0 amide bonds. The minimum absolute atomic E-state index is 0.603. The van der Waals surface area contributed by atoms with E-state index in [9.17, 15) is 0 Å². The first-order valence-corrected chi connectivity index (χ1v) is 10.3. The lowest BCUT2D eigenvalue weighted by atomic mass is 10.1. The predicted octanol–water partition coefficient (Wildman–Crippen LogP) is 4.22. The number of anilines is 1. The summed E-state index contributed by atoms with van der Waals surface area (Å²) >= 11 is 0. The summed E-state index contributed by atoms with van der Waals surface area (Å²) in [5.74, 6) is 3.34. The average Bonchev–Trinajstić information content (AvgIpc) is 3.18. The molecule has 160 valence electrons. The van der Waals surface area contributed by atoms with Crippen LogP contribution >= 0.6 is 0 Å². The fraction of sp³-hybridized carbons (Fsp3) is 0.292. The highest BCUT2D eigenvalue weighted by molar-refractivity contribution is 5.88. The lowest BCUT2D eigenvalue weighted by Gasteiger charge is -2.16. The molecule has 4 rings (SSSR count). The van der Waals surface area contributed by atoms with E-state index in [-0.39, 0.29) is 0 Å². The van der Waals surface area contributed by atoms with Crippen LogP contribution < -0.4 is 10.1 Å². The van der Waals surface area contributed by atoms with E-state index in [2.05, 4.69) is 21.4 Å². The van der Waals surface area contributed by atoms with Gasteiger partial charge in [-0.3, -0.25) is 4.90 Å². The van der Waals surface area contributed by atoms with Gasteiger partial charge in [-0.05, 0) is 44.2 Å². The standard InChI is InChI=1S/C24H27N5O2/c1-17-14-19(31-28-17)15-29(2)16-23-26-21-10-6-5-9-20(21)24(27-23)25-13-12-18-8-4-7-11-22(18)30-3/h4-11,14H,12-13,15-16H2,1-3H3,(H,25,26,27). The van der Waals surface area contributed by atoms with Gasteiger partial charge in [0, 0.05) is 18.0 Å². The zero-order chi connectivity index (χ0) is 21.6. The molecule has 1 N–H and O–H groups in total. The van der Waals surface area contributed by atoms with Crippen molar-refractivity contribution in [3.05, 3.63) is 77.4 Å². The minimum atomic E-state index is 0.603. The molecule has 0 aliphatic carbocycles. The van der Waals surface area contributed by atoms with E-state index in [1.54, 1.807) is 7.11 Å². The fourth-order valence-electron chi connectivity index (χ4n) is 3.61. The molecule has 0 unspecified atom stereocenters. The number of nitrogens with zero attached hydrogens (tertiary/aromatic N) is 4. The summed E-state index contributed by atoms with van der Waals surface area (Å²) in [6.45, 7) is 3.91. The van der Waals surface area contributed by atoms with Crippen molar-refractivity contribution in [3.63, 3.8) is 0 Å². The molecule has 7 heteroatoms. The lowest BCUT2D eigenvalue weighted by Crippen LogP contribution is -2.19. The van der Waals surface area contributed by atoms with Crippen LogP contribution in [0, 0.1) is 6.92 Å². The molecule has 0 saturated heterocycles. The highest BCUT2D eigenvalue weighted by atomic mass is 16.5. The zero-order valence-electron chi connectivity index (χ0n) is 18.1. The molecule has 0 atom stereocenters. The van der Waals surface area contributed by atoms with Gasteiger partial charge in [-0.15, -0.1) is 0 Å². The number of fused-ring (bicyclic) bond motifs is 1. The Morgan fingerprint density at radius 2 is 1.84 bits per heavy atom. The Balaban J connectivity index is 1.49. The maximum atomic E-state index is 5.46. The number of benzene rings is 2. The second-order valence-corrected chi connectivity index (χ2v) is 7.60. The topological polar surface area (TPSA) is 76.3 Å². The van der Waals surface area contributed by atoms with Crippen molar-refractivity contribution in [3.8, 4) is 5.75 Å². The van der Waals surface area contributed by atoms with Crippen LogP contribution in [0.4, 0.5) is 5.82 Å². The summed E-state index contributed by atoms with van der Waals surface area (Å²) in [5, 5.41) is 8.47. The number of rotatable bonds is 9. The van der Waals surface area contributed by atoms with Crippen LogP contribution in [0.3, 0.4) is 0 Å². The molecule has 0 bridgehead atoms. The summed E-state index contributed by atoms with van der Waals surface area (Å²) in [5.41, 5.74) is 2.97. The first-order valence-electron chi connectivity index (χ1n) is 10.3. The molecule has 0 fully saturated rings. The summed E-state index contributed by atoms with van der Waals surface area (Å²) in [7, 11) is 3.72. The van der Waals surface area contributed by atoms with E-state index in [0.717, 1.165) is 58.3 Å². The van der Waals surface area contributed by atoms with Crippen LogP contribution in [-0.4, -0.2) is 40.7 Å². The first-order chi connectivity index (χ1) is 15.1. The van der Waals surface area contributed by atoms with Gasteiger partial charge in [0.25, 0.3) is 0 Å². The minimum Gasteiger partial charge on any atom is -0.496 e. The molecular formula is C24H27N5O2. The monoisotopic (exact) mass is 417 g/mol. The SMILES string of the molecule is COc1ccccc1CCNc1nc(CN(C)Cc2cc(C)no2)nc2ccccc12. The largest absolute Gasteiger partial charge is 0.496 e. The van der Waals surface area contributed by atoms with Crippen LogP contribution in [-0.2, 0) is 19.5 Å². The molecule has 0 radical (unpaired) electrons. The van der Waals surface area contributed by atoms with Gasteiger partial charge >= 0.3 is 0 Å². The molecule has 0 saturated carbocycles. The zero-order valence-corrected chi connectivity index (χ0v) is 18.1. The molecular weight excluding hydrogens is 390 g/mol. The molecule has 31 heavy (non-hydrogen) atoms. The highest BCUT2D eigenvalue weighted by Gasteiger charge is 2.12. The quantitative estimate of drug-likeness (QED) is 0.437. The Morgan fingerprint density at radius 1 is 1.03 bits per heavy atom. The molecule has 2 heterocycles. The van der Waals surface area contributed by atoms with Crippen LogP contribution in [0.2, 0.25) is 0 Å². The van der Waals surface area contributed by atoms with Gasteiger partial charge in [0.05, 0.1) is 31.4 Å². The van der Waals surface area contributed by atoms with Crippen LogP contribution in [0.25, 0.3) is 10.9 Å². The normalized spacial score (nSPS) is 11.2. The van der Waals surface area contributed by atoms with Crippen molar-refractivity contribution in [1.82, 2.24) is 20.0 Å². The third-order valence-electron chi connectivity index (χ3n) is 5.04. The van der Waals surface area contributed by atoms with Crippen LogP contribution in [0.5, 0.6) is 5.75 Å². The van der Waals surface area contributed by atoms with Gasteiger partial charge in [-0.2, -0.15) is 0 Å². The fourth-order valence-corrected chi connectivity index (χ4v) is 3.61. The van der Waals surface area contributed by atoms with Crippen LogP contribution in [0.1, 0.15) is 22.8 Å². The van der Waals surface area contributed by atoms with E-state index in [1.807, 2.05) is 62.5 Å². The Morgan fingerprint density at radius 3 is 2.65 bits per heavy atom. The molecule has 2 aromatic heterocycles. The maximum absolute atomic E-state index is 5.46. The summed E-state index contributed by atoms with van der Waals surface area (Å²) in [4.78, 5) is 11.7. The van der Waals surface area contributed by atoms with Gasteiger partial charge in [-0.25, -0.2) is 9.97 Å². The number of para-hydroxylation sites is 2.